The van der Waals surface area contributed by atoms with Crippen molar-refractivity contribution in [1.82, 2.24) is 4.57 Å². The van der Waals surface area contributed by atoms with Gasteiger partial charge in [-0.15, -0.1) is 0 Å². The number of fused-ring (bicyclic) bond motifs is 1. The highest BCUT2D eigenvalue weighted by molar-refractivity contribution is 9.09. The van der Waals surface area contributed by atoms with Gasteiger partial charge in [-0.2, -0.15) is 0 Å². The molecule has 0 spiro atoms. The van der Waals surface area contributed by atoms with E-state index in [4.69, 9.17) is 25.5 Å². The minimum Gasteiger partial charge on any atom is -0.539 e. The molecule has 0 unspecified atom stereocenters. The number of carboxylic acids is 2. The van der Waals surface area contributed by atoms with E-state index in [-0.39, 0.29) is 0 Å². The molecule has 1 heterocycles. The molecule has 3 rings (SSSR count). The molecule has 0 aliphatic rings. The van der Waals surface area contributed by atoms with Crippen molar-refractivity contribution < 1.29 is 24.4 Å². The molecule has 7 nitrogen and oxygen atoms in total. The first kappa shape index (κ1) is 22.4. The van der Waals surface area contributed by atoms with Crippen molar-refractivity contribution in [3.8, 4) is 0 Å². The molecule has 0 saturated carbocycles. The fourth-order valence-corrected chi connectivity index (χ4v) is 3.42. The van der Waals surface area contributed by atoms with E-state index >= 15 is 0 Å². The summed E-state index contributed by atoms with van der Waals surface area (Å²) in [7, 11) is 0. The van der Waals surface area contributed by atoms with E-state index < -0.39 is 11.9 Å². The number of hydrogen-bond donors (Lipinski definition) is 2. The lowest BCUT2D eigenvalue weighted by molar-refractivity contribution is -0.648. The Bertz CT molecular complexity index is 945. The third-order valence-corrected chi connectivity index (χ3v) is 4.95. The summed E-state index contributed by atoms with van der Waals surface area (Å²) in [5, 5.41) is 17.4. The Morgan fingerprint density at radius 2 is 1.66 bits per heavy atom. The fourth-order valence-electron chi connectivity index (χ4n) is 3.02. The van der Waals surface area contributed by atoms with Crippen LogP contribution in [0.3, 0.4) is 0 Å². The highest BCUT2D eigenvalue weighted by Crippen LogP contribution is 2.18. The van der Waals surface area contributed by atoms with Crippen LogP contribution in [0.5, 0.6) is 0 Å². The van der Waals surface area contributed by atoms with E-state index in [1.54, 1.807) is 0 Å². The number of anilines is 1. The van der Waals surface area contributed by atoms with Crippen molar-refractivity contribution in [3.05, 3.63) is 60.2 Å². The van der Waals surface area contributed by atoms with E-state index in [0.717, 1.165) is 30.8 Å². The van der Waals surface area contributed by atoms with Crippen molar-refractivity contribution in [2.75, 3.05) is 11.1 Å². The standard InChI is InChI=1S/C19H22BrN3.C2H2O4/c20-13-7-2-8-14-22-17-11-5-6-12-18(17)23(19(22)21)15-16-9-3-1-4-10-16;3-1(4)2(5)6/h1,3-6,9-12,21H,2,7-8,13-15H2;(H,3,4)(H,5,6). The summed E-state index contributed by atoms with van der Waals surface area (Å²) in [6.45, 7) is 1.78. The average molecular weight is 462 g/mol. The van der Waals surface area contributed by atoms with Gasteiger partial charge in [0.1, 0.15) is 11.0 Å². The minimum atomic E-state index is -2.07. The van der Waals surface area contributed by atoms with Crippen LogP contribution in [-0.4, -0.2) is 26.9 Å². The summed E-state index contributed by atoms with van der Waals surface area (Å²) in [5.74, 6) is -3.17. The van der Waals surface area contributed by atoms with Crippen LogP contribution in [0.4, 0.5) is 5.95 Å². The van der Waals surface area contributed by atoms with Crippen LogP contribution in [0.15, 0.2) is 54.6 Å². The normalized spacial score (nSPS) is 10.4. The quantitative estimate of drug-likeness (QED) is 0.241. The predicted octanol–water partition coefficient (Wildman–Crippen LogP) is 1.95. The SMILES string of the molecule is Nc1n(CCCCCBr)c2ccccc2[n+]1Cc1ccccc1.O=C([O-])C(=O)O. The fraction of sp³-hybridized carbons (Fsp3) is 0.286. The number of rotatable bonds is 7. The van der Waals surface area contributed by atoms with Gasteiger partial charge in [0.05, 0.1) is 13.1 Å². The number of carbonyl (C=O) groups is 2. The second-order valence-corrected chi connectivity index (χ2v) is 7.21. The third kappa shape index (κ3) is 6.32. The molecule has 3 N–H and O–H groups in total. The number of nitrogens with zero attached hydrogens (tertiary/aromatic N) is 2. The molecule has 2 aromatic carbocycles. The van der Waals surface area contributed by atoms with Crippen LogP contribution >= 0.6 is 15.9 Å². The van der Waals surface area contributed by atoms with Crippen LogP contribution in [-0.2, 0) is 22.7 Å². The summed E-state index contributed by atoms with van der Waals surface area (Å²) < 4.78 is 4.47. The predicted molar refractivity (Wildman–Crippen MR) is 112 cm³/mol. The second kappa shape index (κ2) is 11.2. The summed E-state index contributed by atoms with van der Waals surface area (Å²) in [6.07, 6.45) is 3.58. The maximum Gasteiger partial charge on any atom is 0.356 e. The van der Waals surface area contributed by atoms with Crippen molar-refractivity contribution in [1.29, 1.82) is 0 Å². The lowest BCUT2D eigenvalue weighted by atomic mass is 10.2. The first-order chi connectivity index (χ1) is 14.0. The van der Waals surface area contributed by atoms with Gasteiger partial charge in [0.25, 0.3) is 0 Å². The largest absolute Gasteiger partial charge is 0.539 e. The van der Waals surface area contributed by atoms with Gasteiger partial charge >= 0.3 is 11.9 Å². The zero-order valence-electron chi connectivity index (χ0n) is 16.0. The van der Waals surface area contributed by atoms with Crippen LogP contribution in [0, 0.1) is 0 Å². The molecule has 0 bridgehead atoms. The molecular weight excluding hydrogens is 438 g/mol. The van der Waals surface area contributed by atoms with Crippen molar-refractivity contribution >= 4 is 44.9 Å². The lowest BCUT2D eigenvalue weighted by Crippen LogP contribution is -2.37. The molecule has 0 atom stereocenters. The van der Waals surface area contributed by atoms with Gasteiger partial charge in [-0.05, 0) is 37.0 Å². The van der Waals surface area contributed by atoms with E-state index in [9.17, 15) is 0 Å². The number of carbonyl (C=O) groups excluding carboxylic acids is 1. The van der Waals surface area contributed by atoms with Crippen LogP contribution in [0.1, 0.15) is 24.8 Å². The Morgan fingerprint density at radius 1 is 1.03 bits per heavy atom. The topological polar surface area (TPSA) is 112 Å². The molecule has 0 saturated heterocycles. The van der Waals surface area contributed by atoms with Crippen LogP contribution < -0.4 is 15.4 Å². The van der Waals surface area contributed by atoms with Gasteiger partial charge in [0.15, 0.2) is 5.97 Å². The number of aryl methyl sites for hydroxylation is 1. The zero-order chi connectivity index (χ0) is 21.2. The Hall–Kier alpha value is -2.87. The molecule has 8 heteroatoms. The van der Waals surface area contributed by atoms with Gasteiger partial charge in [-0.1, -0.05) is 58.4 Å². The van der Waals surface area contributed by atoms with E-state index in [2.05, 4.69) is 73.6 Å². The number of para-hydroxylation sites is 2. The van der Waals surface area contributed by atoms with Crippen LogP contribution in [0.25, 0.3) is 11.0 Å². The molecule has 1 aromatic heterocycles. The van der Waals surface area contributed by atoms with Crippen LogP contribution in [0.2, 0.25) is 0 Å². The molecule has 0 amide bonds. The van der Waals surface area contributed by atoms with Crippen molar-refractivity contribution in [3.63, 3.8) is 0 Å². The number of benzene rings is 2. The van der Waals surface area contributed by atoms with E-state index in [1.165, 1.54) is 29.4 Å². The number of aliphatic carboxylic acids is 2. The summed E-state index contributed by atoms with van der Waals surface area (Å²) in [6, 6.07) is 19.0. The maximum atomic E-state index is 9.04. The number of nitrogen functional groups attached to an aromatic ring is 1. The smallest absolute Gasteiger partial charge is 0.356 e. The van der Waals surface area contributed by atoms with Gasteiger partial charge < -0.3 is 15.0 Å². The Morgan fingerprint density at radius 3 is 2.28 bits per heavy atom. The zero-order valence-corrected chi connectivity index (χ0v) is 17.5. The number of aromatic nitrogens is 2. The Labute approximate surface area is 177 Å². The third-order valence-electron chi connectivity index (χ3n) is 4.39. The highest BCUT2D eigenvalue weighted by Gasteiger charge is 2.20. The lowest BCUT2D eigenvalue weighted by Gasteiger charge is -2.03. The molecule has 0 fully saturated rings. The summed E-state index contributed by atoms with van der Waals surface area (Å²) in [4.78, 5) is 18.0. The van der Waals surface area contributed by atoms with Crippen molar-refractivity contribution in [2.24, 2.45) is 0 Å². The molecule has 0 aliphatic carbocycles. The number of hydrogen-bond acceptors (Lipinski definition) is 4. The summed E-state index contributed by atoms with van der Waals surface area (Å²) >= 11 is 3.50. The maximum absolute atomic E-state index is 9.04. The Balaban J connectivity index is 0.000000438. The van der Waals surface area contributed by atoms with Crippen molar-refractivity contribution in [2.45, 2.75) is 32.4 Å². The number of carboxylic acid groups (broad SMARTS) is 2. The molecule has 3 aromatic rings. The van der Waals surface area contributed by atoms with Gasteiger partial charge in [-0.25, -0.2) is 13.9 Å². The number of imidazole rings is 1. The highest BCUT2D eigenvalue weighted by atomic mass is 79.9. The second-order valence-electron chi connectivity index (χ2n) is 6.41. The number of halogens is 1. The molecule has 154 valence electrons. The number of alkyl halides is 1. The van der Waals surface area contributed by atoms with Gasteiger partial charge in [-0.3, -0.25) is 5.73 Å². The molecular formula is C21H24BrN3O4. The molecule has 29 heavy (non-hydrogen) atoms. The molecule has 0 aliphatic heterocycles. The first-order valence-electron chi connectivity index (χ1n) is 9.26. The van der Waals surface area contributed by atoms with E-state index in [0.29, 0.717) is 0 Å². The first-order valence-corrected chi connectivity index (χ1v) is 10.4. The number of unbranched alkanes of at least 4 members (excludes halogenated alkanes) is 2. The van der Waals surface area contributed by atoms with Gasteiger partial charge in [0.2, 0.25) is 0 Å². The monoisotopic (exact) mass is 461 g/mol. The molecule has 0 radical (unpaired) electrons. The minimum absolute atomic E-state index is 0.807. The number of nitrogens with two attached hydrogens (primary N) is 1. The Kier molecular flexibility index (Phi) is 8.67. The van der Waals surface area contributed by atoms with E-state index in [1.807, 2.05) is 6.07 Å². The average Bonchev–Trinajstić information content (AvgIpc) is 2.98. The summed E-state index contributed by atoms with van der Waals surface area (Å²) in [5.41, 5.74) is 10.2. The van der Waals surface area contributed by atoms with Gasteiger partial charge in [0, 0.05) is 5.33 Å².